The van der Waals surface area contributed by atoms with Crippen molar-refractivity contribution in [2.24, 2.45) is 7.05 Å². The van der Waals surface area contributed by atoms with Crippen LogP contribution in [0.4, 0.5) is 10.6 Å². The molecule has 2 N–H and O–H groups in total. The molecule has 0 radical (unpaired) electrons. The fourth-order valence-electron chi connectivity index (χ4n) is 2.31. The molecular weight excluding hydrogens is 380 g/mol. The second-order valence-corrected chi connectivity index (χ2v) is 7.05. The lowest BCUT2D eigenvalue weighted by atomic mass is 10.3. The van der Waals surface area contributed by atoms with E-state index < -0.39 is 0 Å². The Kier molecular flexibility index (Phi) is 5.64. The molecule has 11 heteroatoms. The van der Waals surface area contributed by atoms with E-state index in [1.165, 1.54) is 16.2 Å². The number of carbonyl (C=O) groups excluding carboxylic acids is 2. The van der Waals surface area contributed by atoms with E-state index >= 15 is 0 Å². The molecule has 0 bridgehead atoms. The largest absolute Gasteiger partial charge is 0.344 e. The predicted octanol–water partition coefficient (Wildman–Crippen LogP) is 1.84. The number of hydrogen-bond acceptors (Lipinski definition) is 7. The maximum Gasteiger partial charge on any atom is 0.320 e. The summed E-state index contributed by atoms with van der Waals surface area (Å²) in [4.78, 5) is 39.1. The molecular formula is C17H20N8O2S. The van der Waals surface area contributed by atoms with Crippen LogP contribution in [-0.4, -0.2) is 62.2 Å². The minimum Gasteiger partial charge on any atom is -0.344 e. The van der Waals surface area contributed by atoms with E-state index in [0.29, 0.717) is 33.8 Å². The molecule has 3 rings (SSSR count). The summed E-state index contributed by atoms with van der Waals surface area (Å²) in [5.74, 6) is 0.633. The number of nitrogens with one attached hydrogen (secondary N) is 2. The van der Waals surface area contributed by atoms with Gasteiger partial charge in [-0.3, -0.25) is 14.8 Å². The molecule has 0 fully saturated rings. The summed E-state index contributed by atoms with van der Waals surface area (Å²) in [6.07, 6.45) is 3.15. The number of hydrogen-bond donors (Lipinski definition) is 2. The molecule has 3 aromatic heterocycles. The van der Waals surface area contributed by atoms with E-state index in [-0.39, 0.29) is 11.9 Å². The number of anilines is 1. The molecule has 0 aliphatic carbocycles. The second-order valence-electron chi connectivity index (χ2n) is 6.05. The molecule has 3 amide bonds. The van der Waals surface area contributed by atoms with Crippen molar-refractivity contribution in [2.45, 2.75) is 6.92 Å². The summed E-state index contributed by atoms with van der Waals surface area (Å²) in [5, 5.41) is 10.2. The van der Waals surface area contributed by atoms with Gasteiger partial charge in [0.1, 0.15) is 27.7 Å². The Morgan fingerprint density at radius 1 is 1.25 bits per heavy atom. The van der Waals surface area contributed by atoms with Crippen molar-refractivity contribution in [3.05, 3.63) is 29.5 Å². The Morgan fingerprint density at radius 2 is 2.04 bits per heavy atom. The zero-order valence-electron chi connectivity index (χ0n) is 15.9. The average molecular weight is 400 g/mol. The number of amides is 3. The van der Waals surface area contributed by atoms with Crippen molar-refractivity contribution in [3.8, 4) is 22.1 Å². The third-order valence-corrected chi connectivity index (χ3v) is 4.72. The van der Waals surface area contributed by atoms with E-state index in [1.807, 2.05) is 6.92 Å². The van der Waals surface area contributed by atoms with E-state index in [4.69, 9.17) is 0 Å². The first-order chi connectivity index (χ1) is 13.4. The lowest BCUT2D eigenvalue weighted by Gasteiger charge is -2.08. The molecule has 10 nitrogen and oxygen atoms in total. The number of rotatable bonds is 5. The predicted molar refractivity (Wildman–Crippen MR) is 106 cm³/mol. The van der Waals surface area contributed by atoms with Gasteiger partial charge in [-0.05, 0) is 19.1 Å². The number of thiazole rings is 1. The maximum absolute atomic E-state index is 12.6. The fraction of sp³-hybridized carbons (Fsp3) is 0.294. The number of nitrogens with zero attached hydrogens (tertiary/aromatic N) is 6. The van der Waals surface area contributed by atoms with Crippen molar-refractivity contribution in [2.75, 3.05) is 26.0 Å². The third kappa shape index (κ3) is 4.14. The summed E-state index contributed by atoms with van der Waals surface area (Å²) in [6.45, 7) is 2.36. The smallest absolute Gasteiger partial charge is 0.320 e. The molecule has 0 aliphatic rings. The molecule has 3 aromatic rings. The first kappa shape index (κ1) is 19.4. The number of pyridine rings is 1. The molecule has 0 saturated carbocycles. The normalized spacial score (nSPS) is 10.6. The summed E-state index contributed by atoms with van der Waals surface area (Å²) < 4.78 is 1.56. The number of urea groups is 1. The van der Waals surface area contributed by atoms with Crippen LogP contribution in [0, 0.1) is 0 Å². The zero-order chi connectivity index (χ0) is 20.3. The molecule has 0 saturated heterocycles. The Labute approximate surface area is 165 Å². The van der Waals surface area contributed by atoms with Crippen molar-refractivity contribution in [1.82, 2.24) is 34.9 Å². The van der Waals surface area contributed by atoms with Crippen LogP contribution in [0.25, 0.3) is 22.1 Å². The molecule has 0 atom stereocenters. The van der Waals surface area contributed by atoms with Gasteiger partial charge in [0.2, 0.25) is 5.82 Å². The summed E-state index contributed by atoms with van der Waals surface area (Å²) in [6, 6.07) is 3.14. The highest BCUT2D eigenvalue weighted by Crippen LogP contribution is 2.33. The van der Waals surface area contributed by atoms with Gasteiger partial charge in [-0.1, -0.05) is 0 Å². The molecule has 146 valence electrons. The third-order valence-electron chi connectivity index (χ3n) is 3.63. The Hall–Kier alpha value is -3.34. The Balaban J connectivity index is 1.94. The Bertz CT molecular complexity index is 993. The first-order valence-electron chi connectivity index (χ1n) is 8.48. The fourth-order valence-corrected chi connectivity index (χ4v) is 3.38. The van der Waals surface area contributed by atoms with Crippen LogP contribution < -0.4 is 10.6 Å². The van der Waals surface area contributed by atoms with Crippen molar-refractivity contribution in [3.63, 3.8) is 0 Å². The SMILES string of the molecule is CCNC(=O)Nc1ccc(-c2nc(-c3ncn(C)n3)c(C(=O)N(C)C)s2)cn1. The number of carbonyl (C=O) groups is 2. The van der Waals surface area contributed by atoms with Gasteiger partial charge in [0.05, 0.1) is 0 Å². The van der Waals surface area contributed by atoms with Crippen LogP contribution in [0.2, 0.25) is 0 Å². The standard InChI is InChI=1S/C17H20N8O2S/c1-5-18-17(27)21-11-7-6-10(8-19-11)15-22-12(14-20-9-25(4)23-14)13(28-15)16(26)24(2)3/h6-9H,5H2,1-4H3,(H2,18,19,21,27). The van der Waals surface area contributed by atoms with Gasteiger partial charge in [0, 0.05) is 39.4 Å². The average Bonchev–Trinajstić information content (AvgIpc) is 3.28. The van der Waals surface area contributed by atoms with E-state index in [1.54, 1.807) is 50.5 Å². The van der Waals surface area contributed by atoms with Crippen molar-refractivity contribution in [1.29, 1.82) is 0 Å². The minimum atomic E-state index is -0.320. The van der Waals surface area contributed by atoms with Crippen LogP contribution in [-0.2, 0) is 7.05 Å². The van der Waals surface area contributed by atoms with Gasteiger partial charge in [0.25, 0.3) is 5.91 Å². The topological polar surface area (TPSA) is 118 Å². The van der Waals surface area contributed by atoms with Gasteiger partial charge in [-0.2, -0.15) is 0 Å². The highest BCUT2D eigenvalue weighted by Gasteiger charge is 2.24. The van der Waals surface area contributed by atoms with Crippen molar-refractivity contribution >= 4 is 29.1 Å². The minimum absolute atomic E-state index is 0.173. The van der Waals surface area contributed by atoms with Gasteiger partial charge < -0.3 is 10.2 Å². The molecule has 3 heterocycles. The van der Waals surface area contributed by atoms with Crippen LogP contribution in [0.15, 0.2) is 24.7 Å². The highest BCUT2D eigenvalue weighted by molar-refractivity contribution is 7.17. The lowest BCUT2D eigenvalue weighted by molar-refractivity contribution is 0.0832. The number of aromatic nitrogens is 5. The molecule has 0 aromatic carbocycles. The molecule has 0 unspecified atom stereocenters. The van der Waals surface area contributed by atoms with Gasteiger partial charge >= 0.3 is 6.03 Å². The quantitative estimate of drug-likeness (QED) is 0.675. The molecule has 28 heavy (non-hydrogen) atoms. The highest BCUT2D eigenvalue weighted by atomic mass is 32.1. The van der Waals surface area contributed by atoms with E-state index in [9.17, 15) is 9.59 Å². The summed E-state index contributed by atoms with van der Waals surface area (Å²) in [5.41, 5.74) is 1.16. The monoisotopic (exact) mass is 400 g/mol. The second kappa shape index (κ2) is 8.13. The van der Waals surface area contributed by atoms with Gasteiger partial charge in [-0.25, -0.2) is 19.7 Å². The molecule has 0 spiro atoms. The van der Waals surface area contributed by atoms with Crippen LogP contribution in [0.1, 0.15) is 16.6 Å². The Morgan fingerprint density at radius 3 is 2.61 bits per heavy atom. The van der Waals surface area contributed by atoms with Crippen molar-refractivity contribution < 1.29 is 9.59 Å². The zero-order valence-corrected chi connectivity index (χ0v) is 16.7. The van der Waals surface area contributed by atoms with Crippen LogP contribution >= 0.6 is 11.3 Å². The van der Waals surface area contributed by atoms with Crippen LogP contribution in [0.3, 0.4) is 0 Å². The first-order valence-corrected chi connectivity index (χ1v) is 9.30. The lowest BCUT2D eigenvalue weighted by Crippen LogP contribution is -2.28. The maximum atomic E-state index is 12.6. The van der Waals surface area contributed by atoms with E-state index in [0.717, 1.165) is 5.56 Å². The van der Waals surface area contributed by atoms with Gasteiger partial charge in [-0.15, -0.1) is 16.4 Å². The van der Waals surface area contributed by atoms with Gasteiger partial charge in [0.15, 0.2) is 0 Å². The summed E-state index contributed by atoms with van der Waals surface area (Å²) in [7, 11) is 5.11. The van der Waals surface area contributed by atoms with E-state index in [2.05, 4.69) is 30.7 Å². The summed E-state index contributed by atoms with van der Waals surface area (Å²) >= 11 is 1.25. The van der Waals surface area contributed by atoms with Crippen LogP contribution in [0.5, 0.6) is 0 Å². The number of aryl methyl sites for hydroxylation is 1. The molecule has 0 aliphatic heterocycles.